The van der Waals surface area contributed by atoms with Crippen LogP contribution < -0.4 is 5.32 Å². The highest BCUT2D eigenvalue weighted by Gasteiger charge is 2.13. The number of furan rings is 1. The maximum atomic E-state index is 12.0. The molecule has 0 spiro atoms. The van der Waals surface area contributed by atoms with Gasteiger partial charge in [0.15, 0.2) is 5.76 Å². The topological polar surface area (TPSA) is 104 Å². The number of hydrogen-bond acceptors (Lipinski definition) is 7. The molecule has 0 aliphatic heterocycles. The van der Waals surface area contributed by atoms with Gasteiger partial charge in [0, 0.05) is 17.7 Å². The number of ether oxygens (including phenoxy) is 1. The molecule has 0 aliphatic rings. The van der Waals surface area contributed by atoms with Gasteiger partial charge in [0.1, 0.15) is 18.0 Å². The van der Waals surface area contributed by atoms with Crippen molar-refractivity contribution in [1.29, 1.82) is 0 Å². The highest BCUT2D eigenvalue weighted by molar-refractivity contribution is 6.33. The quantitative estimate of drug-likeness (QED) is 0.491. The standard InChI is InChI=1S/C19H14ClN3O5/c20-14-5-2-1-4-13(14)15-9-19(28-23-15)21-18(24)11-25-10-12-8-17(27-22-12)16-6-3-7-26-16/h1-9H,10-11H2,(H,21,24). The minimum Gasteiger partial charge on any atom is -0.461 e. The Bertz CT molecular complexity index is 1070. The summed E-state index contributed by atoms with van der Waals surface area (Å²) < 4.78 is 20.8. The van der Waals surface area contributed by atoms with E-state index in [1.54, 1.807) is 36.6 Å². The van der Waals surface area contributed by atoms with E-state index in [-0.39, 0.29) is 19.1 Å². The summed E-state index contributed by atoms with van der Waals surface area (Å²) in [5, 5.41) is 10.9. The summed E-state index contributed by atoms with van der Waals surface area (Å²) in [5.41, 5.74) is 1.78. The summed E-state index contributed by atoms with van der Waals surface area (Å²) in [6, 6.07) is 14.0. The smallest absolute Gasteiger partial charge is 0.252 e. The van der Waals surface area contributed by atoms with E-state index in [1.165, 1.54) is 0 Å². The maximum absolute atomic E-state index is 12.0. The number of halogens is 1. The summed E-state index contributed by atoms with van der Waals surface area (Å²) in [6.45, 7) is -0.0794. The molecule has 0 radical (unpaired) electrons. The molecule has 3 heterocycles. The number of amides is 1. The number of anilines is 1. The van der Waals surface area contributed by atoms with Crippen molar-refractivity contribution < 1.29 is 23.0 Å². The van der Waals surface area contributed by atoms with Gasteiger partial charge in [-0.3, -0.25) is 10.1 Å². The lowest BCUT2D eigenvalue weighted by molar-refractivity contribution is -0.121. The largest absolute Gasteiger partial charge is 0.461 e. The van der Waals surface area contributed by atoms with E-state index in [9.17, 15) is 4.79 Å². The van der Waals surface area contributed by atoms with Crippen molar-refractivity contribution in [2.45, 2.75) is 6.61 Å². The molecule has 0 bridgehead atoms. The summed E-state index contributed by atoms with van der Waals surface area (Å²) in [7, 11) is 0. The number of aromatic nitrogens is 2. The summed E-state index contributed by atoms with van der Waals surface area (Å²) in [5.74, 6) is 0.861. The van der Waals surface area contributed by atoms with Crippen LogP contribution in [-0.4, -0.2) is 22.8 Å². The number of rotatable bonds is 7. The molecule has 4 rings (SSSR count). The Morgan fingerprint density at radius 1 is 1.07 bits per heavy atom. The van der Waals surface area contributed by atoms with Crippen molar-refractivity contribution in [2.75, 3.05) is 11.9 Å². The zero-order valence-corrected chi connectivity index (χ0v) is 15.2. The van der Waals surface area contributed by atoms with E-state index in [2.05, 4.69) is 15.6 Å². The number of hydrogen-bond donors (Lipinski definition) is 1. The zero-order valence-electron chi connectivity index (χ0n) is 14.4. The third-order valence-corrected chi connectivity index (χ3v) is 4.06. The molecular formula is C19H14ClN3O5. The average Bonchev–Trinajstić information content (AvgIpc) is 3.44. The van der Waals surface area contributed by atoms with Crippen LogP contribution in [0.4, 0.5) is 5.88 Å². The second-order valence-electron chi connectivity index (χ2n) is 5.76. The fourth-order valence-electron chi connectivity index (χ4n) is 2.47. The second kappa shape index (κ2) is 8.12. The van der Waals surface area contributed by atoms with Crippen LogP contribution in [0.2, 0.25) is 5.02 Å². The molecule has 28 heavy (non-hydrogen) atoms. The van der Waals surface area contributed by atoms with Gasteiger partial charge in [0.25, 0.3) is 5.91 Å². The first-order valence-electron chi connectivity index (χ1n) is 8.28. The van der Waals surface area contributed by atoms with E-state index in [0.29, 0.717) is 33.5 Å². The van der Waals surface area contributed by atoms with Crippen LogP contribution in [0.5, 0.6) is 0 Å². The molecular weight excluding hydrogens is 386 g/mol. The molecule has 0 fully saturated rings. The fourth-order valence-corrected chi connectivity index (χ4v) is 2.70. The molecule has 1 aromatic carbocycles. The van der Waals surface area contributed by atoms with Gasteiger partial charge in [-0.05, 0) is 18.2 Å². The minimum absolute atomic E-state index is 0.110. The van der Waals surface area contributed by atoms with Crippen LogP contribution in [-0.2, 0) is 16.1 Å². The first-order chi connectivity index (χ1) is 13.7. The van der Waals surface area contributed by atoms with E-state index < -0.39 is 5.91 Å². The molecule has 142 valence electrons. The molecule has 0 atom stereocenters. The van der Waals surface area contributed by atoms with Crippen LogP contribution in [0.25, 0.3) is 22.8 Å². The lowest BCUT2D eigenvalue weighted by Crippen LogP contribution is -2.17. The zero-order chi connectivity index (χ0) is 19.3. The lowest BCUT2D eigenvalue weighted by atomic mass is 10.1. The molecule has 3 aromatic heterocycles. The van der Waals surface area contributed by atoms with Crippen molar-refractivity contribution in [1.82, 2.24) is 10.3 Å². The van der Waals surface area contributed by atoms with Gasteiger partial charge in [-0.1, -0.05) is 40.1 Å². The molecule has 0 saturated carbocycles. The summed E-state index contributed by atoms with van der Waals surface area (Å²) in [4.78, 5) is 12.0. The van der Waals surface area contributed by atoms with Gasteiger partial charge >= 0.3 is 0 Å². The van der Waals surface area contributed by atoms with Gasteiger partial charge < -0.3 is 18.2 Å². The van der Waals surface area contributed by atoms with Crippen LogP contribution >= 0.6 is 11.6 Å². The predicted molar refractivity (Wildman–Crippen MR) is 99.4 cm³/mol. The summed E-state index contributed by atoms with van der Waals surface area (Å²) in [6.07, 6.45) is 1.54. The van der Waals surface area contributed by atoms with Crippen molar-refractivity contribution in [3.8, 4) is 22.8 Å². The van der Waals surface area contributed by atoms with Crippen LogP contribution in [0, 0.1) is 0 Å². The number of benzene rings is 1. The Balaban J connectivity index is 1.28. The Morgan fingerprint density at radius 3 is 2.79 bits per heavy atom. The lowest BCUT2D eigenvalue weighted by Gasteiger charge is -2.01. The number of nitrogens with zero attached hydrogens (tertiary/aromatic N) is 2. The molecule has 0 unspecified atom stereocenters. The Kier molecular flexibility index (Phi) is 5.22. The molecule has 8 nitrogen and oxygen atoms in total. The molecule has 9 heteroatoms. The van der Waals surface area contributed by atoms with E-state index >= 15 is 0 Å². The molecule has 0 aliphatic carbocycles. The molecule has 1 N–H and O–H groups in total. The Hall–Kier alpha value is -3.36. The van der Waals surface area contributed by atoms with Gasteiger partial charge in [-0.25, -0.2) is 0 Å². The maximum Gasteiger partial charge on any atom is 0.252 e. The van der Waals surface area contributed by atoms with Crippen LogP contribution in [0.3, 0.4) is 0 Å². The van der Waals surface area contributed by atoms with Crippen molar-refractivity contribution in [3.63, 3.8) is 0 Å². The number of carbonyl (C=O) groups is 1. The Labute approximate surface area is 164 Å². The van der Waals surface area contributed by atoms with Crippen LogP contribution in [0.15, 0.2) is 68.3 Å². The summed E-state index contributed by atoms with van der Waals surface area (Å²) >= 11 is 6.13. The monoisotopic (exact) mass is 399 g/mol. The highest BCUT2D eigenvalue weighted by Crippen LogP contribution is 2.28. The first-order valence-corrected chi connectivity index (χ1v) is 8.65. The fraction of sp³-hybridized carbons (Fsp3) is 0.105. The SMILES string of the molecule is O=C(COCc1cc(-c2ccco2)on1)Nc1cc(-c2ccccc2Cl)no1. The van der Waals surface area contributed by atoms with Gasteiger partial charge in [0.2, 0.25) is 11.6 Å². The number of nitrogens with one attached hydrogen (secondary N) is 1. The normalized spacial score (nSPS) is 10.9. The van der Waals surface area contributed by atoms with E-state index in [4.69, 9.17) is 29.8 Å². The van der Waals surface area contributed by atoms with Gasteiger partial charge in [-0.2, -0.15) is 0 Å². The van der Waals surface area contributed by atoms with Gasteiger partial charge in [-0.15, -0.1) is 0 Å². The second-order valence-corrected chi connectivity index (χ2v) is 6.16. The number of carbonyl (C=O) groups excluding carboxylic acids is 1. The van der Waals surface area contributed by atoms with Crippen molar-refractivity contribution in [2.24, 2.45) is 0 Å². The van der Waals surface area contributed by atoms with E-state index in [0.717, 1.165) is 0 Å². The van der Waals surface area contributed by atoms with Crippen molar-refractivity contribution in [3.05, 3.63) is 65.5 Å². The average molecular weight is 400 g/mol. The van der Waals surface area contributed by atoms with Crippen molar-refractivity contribution >= 4 is 23.4 Å². The molecule has 1 amide bonds. The minimum atomic E-state index is -0.392. The third-order valence-electron chi connectivity index (χ3n) is 3.73. The van der Waals surface area contributed by atoms with E-state index in [1.807, 2.05) is 18.2 Å². The first kappa shape index (κ1) is 18.0. The van der Waals surface area contributed by atoms with Crippen LogP contribution in [0.1, 0.15) is 5.69 Å². The van der Waals surface area contributed by atoms with Gasteiger partial charge in [0.05, 0.1) is 17.9 Å². The Morgan fingerprint density at radius 2 is 1.96 bits per heavy atom. The predicted octanol–water partition coefficient (Wildman–Crippen LogP) is 4.40. The molecule has 4 aromatic rings. The molecule has 0 saturated heterocycles. The highest BCUT2D eigenvalue weighted by atomic mass is 35.5. The third kappa shape index (κ3) is 4.13.